The molecular weight excluding hydrogens is 242 g/mol. The lowest BCUT2D eigenvalue weighted by molar-refractivity contribution is 0.136. The van der Waals surface area contributed by atoms with E-state index in [9.17, 15) is 4.79 Å². The summed E-state index contributed by atoms with van der Waals surface area (Å²) in [6.45, 7) is 2.79. The number of primary amides is 1. The minimum atomic E-state index is -0.703. The Labute approximate surface area is 113 Å². The molecule has 1 aromatic rings. The van der Waals surface area contributed by atoms with Crippen LogP contribution in [0.4, 0.5) is 4.79 Å². The lowest BCUT2D eigenvalue weighted by Gasteiger charge is -2.23. The van der Waals surface area contributed by atoms with Crippen molar-refractivity contribution in [1.29, 1.82) is 0 Å². The Hall–Kier alpha value is -1.59. The second-order valence-electron chi connectivity index (χ2n) is 5.04. The Morgan fingerprint density at radius 2 is 2.11 bits per heavy atom. The van der Waals surface area contributed by atoms with E-state index in [-0.39, 0.29) is 0 Å². The van der Waals surface area contributed by atoms with Gasteiger partial charge in [-0.05, 0) is 12.0 Å². The van der Waals surface area contributed by atoms with Gasteiger partial charge in [0.05, 0.1) is 6.61 Å². The van der Waals surface area contributed by atoms with Gasteiger partial charge in [0.25, 0.3) is 0 Å². The van der Waals surface area contributed by atoms with Gasteiger partial charge in [0, 0.05) is 31.6 Å². The molecule has 1 fully saturated rings. The van der Waals surface area contributed by atoms with Gasteiger partial charge >= 0.3 is 6.09 Å². The van der Waals surface area contributed by atoms with Gasteiger partial charge < -0.3 is 16.2 Å². The average molecular weight is 263 g/mol. The summed E-state index contributed by atoms with van der Waals surface area (Å²) in [5.41, 5.74) is 12.1. The maximum absolute atomic E-state index is 10.6. The molecule has 1 aliphatic heterocycles. The Kier molecular flexibility index (Phi) is 4.76. The lowest BCUT2D eigenvalue weighted by Crippen LogP contribution is -2.34. The van der Waals surface area contributed by atoms with Crippen LogP contribution in [0.15, 0.2) is 30.3 Å². The summed E-state index contributed by atoms with van der Waals surface area (Å²) in [6, 6.07) is 10.7. The molecule has 0 spiro atoms. The summed E-state index contributed by atoms with van der Waals surface area (Å²) in [6.07, 6.45) is 0.252. The van der Waals surface area contributed by atoms with Crippen LogP contribution in [-0.4, -0.2) is 36.7 Å². The number of carbonyl (C=O) groups is 1. The molecule has 1 aliphatic rings. The highest BCUT2D eigenvalue weighted by atomic mass is 16.5. The van der Waals surface area contributed by atoms with Gasteiger partial charge in [-0.3, -0.25) is 4.90 Å². The van der Waals surface area contributed by atoms with Crippen LogP contribution >= 0.6 is 0 Å². The van der Waals surface area contributed by atoms with Gasteiger partial charge in [-0.2, -0.15) is 0 Å². The first kappa shape index (κ1) is 13.8. The zero-order chi connectivity index (χ0) is 13.7. The van der Waals surface area contributed by atoms with Crippen LogP contribution in [0.1, 0.15) is 12.0 Å². The van der Waals surface area contributed by atoms with E-state index >= 15 is 0 Å². The summed E-state index contributed by atoms with van der Waals surface area (Å²) in [5, 5.41) is 0. The largest absolute Gasteiger partial charge is 0.449 e. The third kappa shape index (κ3) is 3.94. The van der Waals surface area contributed by atoms with E-state index in [1.54, 1.807) is 0 Å². The molecule has 0 aromatic heterocycles. The molecule has 0 radical (unpaired) electrons. The fourth-order valence-electron chi connectivity index (χ4n) is 2.67. The van der Waals surface area contributed by atoms with E-state index in [0.717, 1.165) is 19.5 Å². The Morgan fingerprint density at radius 3 is 2.74 bits per heavy atom. The molecule has 104 valence electrons. The number of likely N-dealkylation sites (tertiary alicyclic amines) is 1. The number of carbonyl (C=O) groups excluding carboxylic acids is 1. The van der Waals surface area contributed by atoms with Crippen LogP contribution in [0, 0.1) is 5.92 Å². The molecule has 0 saturated carbocycles. The number of hydrogen-bond acceptors (Lipinski definition) is 4. The van der Waals surface area contributed by atoms with Gasteiger partial charge in [-0.25, -0.2) is 4.79 Å². The number of nitrogens with two attached hydrogens (primary N) is 2. The summed E-state index contributed by atoms with van der Waals surface area (Å²) < 4.78 is 4.89. The van der Waals surface area contributed by atoms with Gasteiger partial charge in [0.15, 0.2) is 0 Å². The molecule has 5 nitrogen and oxygen atoms in total. The summed E-state index contributed by atoms with van der Waals surface area (Å²) >= 11 is 0. The molecule has 5 heteroatoms. The third-order valence-corrected chi connectivity index (χ3v) is 3.58. The first-order valence-corrected chi connectivity index (χ1v) is 6.59. The molecular formula is C14H21N3O2. The predicted molar refractivity (Wildman–Crippen MR) is 73.3 cm³/mol. The molecule has 2 rings (SSSR count). The number of rotatable bonds is 5. The van der Waals surface area contributed by atoms with Gasteiger partial charge in [0.1, 0.15) is 0 Å². The molecule has 1 saturated heterocycles. The van der Waals surface area contributed by atoms with Crippen LogP contribution in [0.25, 0.3) is 0 Å². The van der Waals surface area contributed by atoms with E-state index in [2.05, 4.69) is 17.0 Å². The van der Waals surface area contributed by atoms with Crippen molar-refractivity contribution in [3.63, 3.8) is 0 Å². The molecule has 0 bridgehead atoms. The van der Waals surface area contributed by atoms with Crippen molar-refractivity contribution in [2.24, 2.45) is 17.4 Å². The fourth-order valence-corrected chi connectivity index (χ4v) is 2.67. The second-order valence-corrected chi connectivity index (χ2v) is 5.04. The first-order chi connectivity index (χ1) is 9.19. The Morgan fingerprint density at radius 1 is 1.37 bits per heavy atom. The number of nitrogens with zero attached hydrogens (tertiary/aromatic N) is 1. The summed E-state index contributed by atoms with van der Waals surface area (Å²) in [4.78, 5) is 13.0. The van der Waals surface area contributed by atoms with Crippen LogP contribution < -0.4 is 11.5 Å². The van der Waals surface area contributed by atoms with Crippen molar-refractivity contribution in [2.75, 3.05) is 19.7 Å². The van der Waals surface area contributed by atoms with Crippen LogP contribution in [0.5, 0.6) is 0 Å². The van der Waals surface area contributed by atoms with E-state index in [1.807, 2.05) is 18.2 Å². The van der Waals surface area contributed by atoms with E-state index in [0.29, 0.717) is 25.1 Å². The Bertz CT molecular complexity index is 410. The van der Waals surface area contributed by atoms with E-state index in [1.165, 1.54) is 5.56 Å². The molecule has 4 N–H and O–H groups in total. The zero-order valence-electron chi connectivity index (χ0n) is 11.0. The van der Waals surface area contributed by atoms with Gasteiger partial charge in [-0.1, -0.05) is 30.3 Å². The number of ether oxygens (including phenoxy) is 1. The Balaban J connectivity index is 1.91. The average Bonchev–Trinajstić information content (AvgIpc) is 2.80. The van der Waals surface area contributed by atoms with Crippen molar-refractivity contribution in [2.45, 2.75) is 19.0 Å². The van der Waals surface area contributed by atoms with Crippen LogP contribution in [-0.2, 0) is 11.3 Å². The molecule has 0 aliphatic carbocycles. The fraction of sp³-hybridized carbons (Fsp3) is 0.500. The number of hydrogen-bond donors (Lipinski definition) is 2. The standard InChI is InChI=1S/C14H21N3O2/c15-7-13-6-12(10-19-14(16)18)9-17(13)8-11-4-2-1-3-5-11/h1-5,12-13H,6-10,15H2,(H2,16,18)/t12-,13+/m1/s1. The van der Waals surface area contributed by atoms with Crippen molar-refractivity contribution < 1.29 is 9.53 Å². The van der Waals surface area contributed by atoms with Crippen molar-refractivity contribution in [1.82, 2.24) is 4.90 Å². The number of amides is 1. The molecule has 1 amide bonds. The van der Waals surface area contributed by atoms with Crippen molar-refractivity contribution in [3.05, 3.63) is 35.9 Å². The van der Waals surface area contributed by atoms with Gasteiger partial charge in [0.2, 0.25) is 0 Å². The molecule has 1 heterocycles. The smallest absolute Gasteiger partial charge is 0.404 e. The highest BCUT2D eigenvalue weighted by Crippen LogP contribution is 2.24. The van der Waals surface area contributed by atoms with Gasteiger partial charge in [-0.15, -0.1) is 0 Å². The third-order valence-electron chi connectivity index (χ3n) is 3.58. The highest BCUT2D eigenvalue weighted by Gasteiger charge is 2.31. The minimum Gasteiger partial charge on any atom is -0.449 e. The van der Waals surface area contributed by atoms with Crippen molar-refractivity contribution >= 4 is 6.09 Å². The lowest BCUT2D eigenvalue weighted by atomic mass is 10.1. The quantitative estimate of drug-likeness (QED) is 0.828. The summed E-state index contributed by atoms with van der Waals surface area (Å²) in [5.74, 6) is 0.324. The minimum absolute atomic E-state index is 0.324. The topological polar surface area (TPSA) is 81.6 Å². The molecule has 2 atom stereocenters. The zero-order valence-corrected chi connectivity index (χ0v) is 11.0. The predicted octanol–water partition coefficient (Wildman–Crippen LogP) is 0.931. The monoisotopic (exact) mass is 263 g/mol. The maximum Gasteiger partial charge on any atom is 0.404 e. The molecule has 0 unspecified atom stereocenters. The van der Waals surface area contributed by atoms with Crippen LogP contribution in [0.3, 0.4) is 0 Å². The first-order valence-electron chi connectivity index (χ1n) is 6.59. The summed E-state index contributed by atoms with van der Waals surface area (Å²) in [7, 11) is 0. The number of benzene rings is 1. The second kappa shape index (κ2) is 6.54. The van der Waals surface area contributed by atoms with E-state index in [4.69, 9.17) is 16.2 Å². The SMILES string of the molecule is NC[C@@H]1C[C@@H](COC(N)=O)CN1Cc1ccccc1. The molecule has 19 heavy (non-hydrogen) atoms. The van der Waals surface area contributed by atoms with E-state index < -0.39 is 6.09 Å². The van der Waals surface area contributed by atoms with Crippen molar-refractivity contribution in [3.8, 4) is 0 Å². The van der Waals surface area contributed by atoms with Crippen LogP contribution in [0.2, 0.25) is 0 Å². The molecule has 1 aromatic carbocycles. The highest BCUT2D eigenvalue weighted by molar-refractivity contribution is 5.64. The normalized spacial score (nSPS) is 23.4. The maximum atomic E-state index is 10.6.